The average molecular weight is 479 g/mol. The number of hydrogen-bond donors (Lipinski definition) is 2. The maximum atomic E-state index is 12.1. The first-order valence-corrected chi connectivity index (χ1v) is 9.60. The van der Waals surface area contributed by atoms with E-state index in [0.717, 1.165) is 31.3 Å². The van der Waals surface area contributed by atoms with Crippen molar-refractivity contribution in [3.05, 3.63) is 16.1 Å². The summed E-state index contributed by atoms with van der Waals surface area (Å²) in [6.07, 6.45) is 1.28. The van der Waals surface area contributed by atoms with Gasteiger partial charge in [0, 0.05) is 26.2 Å². The molecule has 0 spiro atoms. The molecule has 0 aromatic carbocycles. The number of carbonyl (C=O) groups excluding carboxylic acids is 1. The number of nitrogens with zero attached hydrogens (tertiary/aromatic N) is 3. The predicted octanol–water partition coefficient (Wildman–Crippen LogP) is 2.74. The molecule has 0 bridgehead atoms. The summed E-state index contributed by atoms with van der Waals surface area (Å²) in [5.74, 6) is 2.27. The highest BCUT2D eigenvalue weighted by Gasteiger charge is 2.23. The number of amides is 1. The smallest absolute Gasteiger partial charge is 0.263 e. The molecule has 8 heteroatoms. The fourth-order valence-electron chi connectivity index (χ4n) is 3.19. The highest BCUT2D eigenvalue weighted by atomic mass is 127. The molecule has 142 valence electrons. The Bertz CT molecular complexity index is 567. The van der Waals surface area contributed by atoms with Crippen LogP contribution in [0.4, 0.5) is 0 Å². The Balaban J connectivity index is 0.00000312. The van der Waals surface area contributed by atoms with Crippen LogP contribution in [-0.2, 0) is 0 Å². The van der Waals surface area contributed by atoms with Crippen LogP contribution in [0.25, 0.3) is 0 Å². The Kier molecular flexibility index (Phi) is 9.70. The fourth-order valence-corrected chi connectivity index (χ4v) is 3.91. The molecule has 1 amide bonds. The summed E-state index contributed by atoms with van der Waals surface area (Å²) < 4.78 is 0. The van der Waals surface area contributed by atoms with Gasteiger partial charge in [0.2, 0.25) is 0 Å². The SMILES string of the molecule is CCNC(=NCCNC(=O)c1scnc1C)N1CC(C)CC(C)C1.I. The number of thiazole rings is 1. The van der Waals surface area contributed by atoms with Crippen molar-refractivity contribution in [1.82, 2.24) is 20.5 Å². The lowest BCUT2D eigenvalue weighted by Crippen LogP contribution is -2.48. The fraction of sp³-hybridized carbons (Fsp3) is 0.706. The summed E-state index contributed by atoms with van der Waals surface area (Å²) in [4.78, 5) is 23.9. The Morgan fingerprint density at radius 2 is 2.04 bits per heavy atom. The molecule has 6 nitrogen and oxygen atoms in total. The molecule has 1 fully saturated rings. The number of guanidine groups is 1. The van der Waals surface area contributed by atoms with Gasteiger partial charge in [0.15, 0.2) is 5.96 Å². The number of nitrogens with one attached hydrogen (secondary N) is 2. The second-order valence-corrected chi connectivity index (χ2v) is 7.46. The number of rotatable bonds is 5. The van der Waals surface area contributed by atoms with Gasteiger partial charge >= 0.3 is 0 Å². The molecule has 1 aromatic heterocycles. The van der Waals surface area contributed by atoms with Crippen molar-refractivity contribution in [2.75, 3.05) is 32.7 Å². The normalized spacial score (nSPS) is 20.8. The minimum atomic E-state index is -0.0598. The number of aryl methyl sites for hydroxylation is 1. The van der Waals surface area contributed by atoms with Crippen molar-refractivity contribution >= 4 is 47.2 Å². The van der Waals surface area contributed by atoms with Crippen LogP contribution in [-0.4, -0.2) is 54.5 Å². The van der Waals surface area contributed by atoms with Crippen LogP contribution in [0.3, 0.4) is 0 Å². The molecule has 1 saturated heterocycles. The largest absolute Gasteiger partial charge is 0.357 e. The summed E-state index contributed by atoms with van der Waals surface area (Å²) in [6.45, 7) is 12.6. The Morgan fingerprint density at radius 3 is 2.60 bits per heavy atom. The van der Waals surface area contributed by atoms with Crippen LogP contribution in [0.1, 0.15) is 42.6 Å². The van der Waals surface area contributed by atoms with E-state index in [1.54, 1.807) is 5.51 Å². The standard InChI is InChI=1S/C17H29N5OS.HI/c1-5-18-17(22-9-12(2)8-13(3)10-22)20-7-6-19-16(23)15-14(4)21-11-24-15;/h11-13H,5-10H2,1-4H3,(H,18,20)(H,19,23);1H. The van der Waals surface area contributed by atoms with Gasteiger partial charge in [0.1, 0.15) is 4.88 Å². The number of hydrogen-bond acceptors (Lipinski definition) is 4. The van der Waals surface area contributed by atoms with Crippen molar-refractivity contribution in [2.24, 2.45) is 16.8 Å². The lowest BCUT2D eigenvalue weighted by Gasteiger charge is -2.37. The number of piperidine rings is 1. The summed E-state index contributed by atoms with van der Waals surface area (Å²) in [6, 6.07) is 0. The molecular formula is C17H30IN5OS. The number of likely N-dealkylation sites (tertiary alicyclic amines) is 1. The summed E-state index contributed by atoms with van der Waals surface area (Å²) in [5.41, 5.74) is 2.48. The zero-order valence-electron chi connectivity index (χ0n) is 15.5. The van der Waals surface area contributed by atoms with E-state index < -0.39 is 0 Å². The van der Waals surface area contributed by atoms with Crippen LogP contribution in [0.2, 0.25) is 0 Å². The van der Waals surface area contributed by atoms with E-state index in [2.05, 4.69) is 46.3 Å². The monoisotopic (exact) mass is 479 g/mol. The quantitative estimate of drug-likeness (QED) is 0.295. The summed E-state index contributed by atoms with van der Waals surface area (Å²) in [7, 11) is 0. The van der Waals surface area contributed by atoms with Crippen molar-refractivity contribution in [1.29, 1.82) is 0 Å². The molecule has 2 N–H and O–H groups in total. The third-order valence-corrected chi connectivity index (χ3v) is 5.04. The van der Waals surface area contributed by atoms with Gasteiger partial charge in [-0.05, 0) is 32.1 Å². The van der Waals surface area contributed by atoms with Gasteiger partial charge < -0.3 is 15.5 Å². The second-order valence-electron chi connectivity index (χ2n) is 6.61. The minimum Gasteiger partial charge on any atom is -0.357 e. The first kappa shape index (κ1) is 22.1. The van der Waals surface area contributed by atoms with E-state index in [4.69, 9.17) is 0 Å². The molecule has 2 unspecified atom stereocenters. The van der Waals surface area contributed by atoms with Gasteiger partial charge in [-0.2, -0.15) is 0 Å². The molecule has 1 aromatic rings. The number of halogens is 1. The van der Waals surface area contributed by atoms with Crippen LogP contribution >= 0.6 is 35.3 Å². The lowest BCUT2D eigenvalue weighted by atomic mass is 9.92. The zero-order valence-corrected chi connectivity index (χ0v) is 18.7. The Morgan fingerprint density at radius 1 is 1.36 bits per heavy atom. The molecule has 1 aliphatic heterocycles. The molecule has 0 aliphatic carbocycles. The van der Waals surface area contributed by atoms with E-state index in [1.807, 2.05) is 6.92 Å². The molecule has 2 heterocycles. The van der Waals surface area contributed by atoms with Crippen LogP contribution < -0.4 is 10.6 Å². The van der Waals surface area contributed by atoms with E-state index in [-0.39, 0.29) is 29.9 Å². The van der Waals surface area contributed by atoms with Crippen LogP contribution in [0, 0.1) is 18.8 Å². The molecule has 0 saturated carbocycles. The summed E-state index contributed by atoms with van der Waals surface area (Å²) >= 11 is 1.37. The topological polar surface area (TPSA) is 69.6 Å². The van der Waals surface area contributed by atoms with Crippen molar-refractivity contribution < 1.29 is 4.79 Å². The van der Waals surface area contributed by atoms with Gasteiger partial charge in [0.05, 0.1) is 17.7 Å². The van der Waals surface area contributed by atoms with E-state index in [1.165, 1.54) is 17.8 Å². The Labute approximate surface area is 171 Å². The number of aliphatic imine (C=N–C) groups is 1. The first-order valence-electron chi connectivity index (χ1n) is 8.72. The van der Waals surface area contributed by atoms with Crippen molar-refractivity contribution in [3.8, 4) is 0 Å². The van der Waals surface area contributed by atoms with E-state index >= 15 is 0 Å². The van der Waals surface area contributed by atoms with Gasteiger partial charge in [-0.1, -0.05) is 13.8 Å². The van der Waals surface area contributed by atoms with Gasteiger partial charge in [-0.25, -0.2) is 4.98 Å². The molecule has 1 aliphatic rings. The molecule has 2 rings (SSSR count). The molecule has 0 radical (unpaired) electrons. The molecule has 2 atom stereocenters. The minimum absolute atomic E-state index is 0. The van der Waals surface area contributed by atoms with Gasteiger partial charge in [-0.15, -0.1) is 35.3 Å². The van der Waals surface area contributed by atoms with Crippen molar-refractivity contribution in [2.45, 2.75) is 34.1 Å². The Hall–Kier alpha value is -0.900. The second kappa shape index (κ2) is 10.9. The van der Waals surface area contributed by atoms with E-state index in [9.17, 15) is 4.79 Å². The van der Waals surface area contributed by atoms with Crippen LogP contribution in [0.5, 0.6) is 0 Å². The molecule has 25 heavy (non-hydrogen) atoms. The summed E-state index contributed by atoms with van der Waals surface area (Å²) in [5, 5.41) is 6.30. The van der Waals surface area contributed by atoms with Crippen molar-refractivity contribution in [3.63, 3.8) is 0 Å². The lowest BCUT2D eigenvalue weighted by molar-refractivity contribution is 0.0958. The predicted molar refractivity (Wildman–Crippen MR) is 115 cm³/mol. The zero-order chi connectivity index (χ0) is 17.5. The average Bonchev–Trinajstić information content (AvgIpc) is 2.95. The highest BCUT2D eigenvalue weighted by molar-refractivity contribution is 14.0. The third-order valence-electron chi connectivity index (χ3n) is 4.11. The highest BCUT2D eigenvalue weighted by Crippen LogP contribution is 2.20. The maximum Gasteiger partial charge on any atom is 0.263 e. The number of carbonyl (C=O) groups is 1. The third kappa shape index (κ3) is 6.73. The first-order chi connectivity index (χ1) is 11.5. The number of aromatic nitrogens is 1. The molecular weight excluding hydrogens is 449 g/mol. The van der Waals surface area contributed by atoms with Gasteiger partial charge in [0.25, 0.3) is 5.91 Å². The van der Waals surface area contributed by atoms with Crippen LogP contribution in [0.15, 0.2) is 10.5 Å². The van der Waals surface area contributed by atoms with Gasteiger partial charge in [-0.3, -0.25) is 9.79 Å². The van der Waals surface area contributed by atoms with E-state index in [0.29, 0.717) is 29.8 Å². The maximum absolute atomic E-state index is 12.1.